The van der Waals surface area contributed by atoms with Gasteiger partial charge in [-0.25, -0.2) is 9.80 Å². The van der Waals surface area contributed by atoms with Crippen LogP contribution in [0.2, 0.25) is 0 Å². The molecule has 4 nitrogen and oxygen atoms in total. The molecule has 0 aromatic carbocycles. The van der Waals surface area contributed by atoms with Crippen molar-refractivity contribution in [1.29, 1.82) is 0 Å². The van der Waals surface area contributed by atoms with Gasteiger partial charge in [0.1, 0.15) is 0 Å². The number of amides is 1. The van der Waals surface area contributed by atoms with Crippen molar-refractivity contribution in [3.05, 3.63) is 37.2 Å². The van der Waals surface area contributed by atoms with Crippen molar-refractivity contribution in [2.24, 2.45) is 0 Å². The van der Waals surface area contributed by atoms with Crippen molar-refractivity contribution in [2.45, 2.75) is 0 Å². The van der Waals surface area contributed by atoms with Crippen LogP contribution in [0.25, 0.3) is 0 Å². The number of carbonyl (C=O) groups is 1. The molecule has 0 unspecified atom stereocenters. The lowest BCUT2D eigenvalue weighted by atomic mass is 10.6. The molecule has 64 valence electrons. The van der Waals surface area contributed by atoms with Crippen molar-refractivity contribution in [1.82, 2.24) is 4.68 Å². The second kappa shape index (κ2) is 3.61. The van der Waals surface area contributed by atoms with E-state index in [1.165, 1.54) is 10.8 Å². The second-order valence-electron chi connectivity index (χ2n) is 2.22. The normalized spacial score (nSPS) is 9.33. The van der Waals surface area contributed by atoms with Gasteiger partial charge in [0.25, 0.3) is 0 Å². The van der Waals surface area contributed by atoms with E-state index in [0.717, 1.165) is 5.01 Å². The highest BCUT2D eigenvalue weighted by molar-refractivity contribution is 5.76. The van der Waals surface area contributed by atoms with Gasteiger partial charge in [0.05, 0.1) is 6.54 Å². The molecule has 1 aromatic rings. The Labute approximate surface area is 70.3 Å². The van der Waals surface area contributed by atoms with Crippen LogP contribution in [0.3, 0.4) is 0 Å². The third-order valence-corrected chi connectivity index (χ3v) is 1.39. The van der Waals surface area contributed by atoms with E-state index in [1.54, 1.807) is 24.5 Å². The molecule has 1 heterocycles. The molecule has 4 heteroatoms. The van der Waals surface area contributed by atoms with Gasteiger partial charge in [-0.3, -0.25) is 4.68 Å². The third kappa shape index (κ3) is 1.66. The Morgan fingerprint density at radius 1 is 1.58 bits per heavy atom. The molecule has 1 amide bonds. The summed E-state index contributed by atoms with van der Waals surface area (Å²) in [7, 11) is 0. The number of carboxylic acid groups (broad SMARTS) is 1. The lowest BCUT2D eigenvalue weighted by Gasteiger charge is -2.17. The number of aromatic nitrogens is 1. The zero-order chi connectivity index (χ0) is 8.97. The van der Waals surface area contributed by atoms with E-state index in [9.17, 15) is 4.79 Å². The summed E-state index contributed by atoms with van der Waals surface area (Å²) in [4.78, 5) is 10.6. The van der Waals surface area contributed by atoms with Gasteiger partial charge in [-0.05, 0) is 12.1 Å². The minimum absolute atomic E-state index is 0.282. The first kappa shape index (κ1) is 8.39. The van der Waals surface area contributed by atoms with E-state index in [2.05, 4.69) is 6.58 Å². The van der Waals surface area contributed by atoms with E-state index in [0.29, 0.717) is 0 Å². The van der Waals surface area contributed by atoms with Gasteiger partial charge in [0.2, 0.25) is 0 Å². The van der Waals surface area contributed by atoms with Gasteiger partial charge in [0.15, 0.2) is 0 Å². The maximum atomic E-state index is 10.6. The van der Waals surface area contributed by atoms with Crippen LogP contribution in [-0.4, -0.2) is 22.4 Å². The van der Waals surface area contributed by atoms with Gasteiger partial charge in [-0.2, -0.15) is 0 Å². The minimum atomic E-state index is -0.994. The first-order valence-electron chi connectivity index (χ1n) is 3.50. The molecule has 0 aliphatic heterocycles. The van der Waals surface area contributed by atoms with Crippen molar-refractivity contribution in [3.8, 4) is 0 Å². The molecular weight excluding hydrogens is 156 g/mol. The highest BCUT2D eigenvalue weighted by atomic mass is 16.4. The van der Waals surface area contributed by atoms with E-state index in [-0.39, 0.29) is 6.54 Å². The van der Waals surface area contributed by atoms with Gasteiger partial charge in [-0.1, -0.05) is 6.08 Å². The molecule has 0 spiro atoms. The van der Waals surface area contributed by atoms with Crippen LogP contribution in [0.4, 0.5) is 4.79 Å². The lowest BCUT2D eigenvalue weighted by molar-refractivity contribution is 0.196. The summed E-state index contributed by atoms with van der Waals surface area (Å²) in [6.07, 6.45) is 3.87. The molecule has 0 radical (unpaired) electrons. The molecule has 0 bridgehead atoms. The lowest BCUT2D eigenvalue weighted by Crippen LogP contribution is -2.38. The fraction of sp³-hybridized carbons (Fsp3) is 0.125. The van der Waals surface area contributed by atoms with Gasteiger partial charge in [0, 0.05) is 12.4 Å². The monoisotopic (exact) mass is 166 g/mol. The fourth-order valence-electron chi connectivity index (χ4n) is 0.880. The molecule has 0 fully saturated rings. The van der Waals surface area contributed by atoms with Gasteiger partial charge in [-0.15, -0.1) is 6.58 Å². The van der Waals surface area contributed by atoms with E-state index in [1.807, 2.05) is 0 Å². The summed E-state index contributed by atoms with van der Waals surface area (Å²) >= 11 is 0. The SMILES string of the molecule is C=CCN(C(=O)O)n1cccc1. The summed E-state index contributed by atoms with van der Waals surface area (Å²) < 4.78 is 1.49. The summed E-state index contributed by atoms with van der Waals surface area (Å²) in [5.41, 5.74) is 0. The predicted molar refractivity (Wildman–Crippen MR) is 45.7 cm³/mol. The molecule has 0 atom stereocenters. The summed E-state index contributed by atoms with van der Waals surface area (Å²) in [6, 6.07) is 3.53. The number of hydrogen-bond donors (Lipinski definition) is 1. The molecule has 12 heavy (non-hydrogen) atoms. The first-order valence-corrected chi connectivity index (χ1v) is 3.50. The van der Waals surface area contributed by atoms with E-state index >= 15 is 0 Å². The Balaban J connectivity index is 2.80. The van der Waals surface area contributed by atoms with Crippen molar-refractivity contribution < 1.29 is 9.90 Å². The summed E-state index contributed by atoms with van der Waals surface area (Å²) in [5, 5.41) is 9.88. The van der Waals surface area contributed by atoms with Crippen LogP contribution >= 0.6 is 0 Å². The van der Waals surface area contributed by atoms with Crippen molar-refractivity contribution in [2.75, 3.05) is 11.6 Å². The highest BCUT2D eigenvalue weighted by Gasteiger charge is 2.09. The molecule has 0 saturated heterocycles. The molecule has 1 aromatic heterocycles. The molecule has 0 saturated carbocycles. The Morgan fingerprint density at radius 2 is 2.17 bits per heavy atom. The maximum Gasteiger partial charge on any atom is 0.426 e. The van der Waals surface area contributed by atoms with Crippen LogP contribution in [-0.2, 0) is 0 Å². The van der Waals surface area contributed by atoms with Crippen LogP contribution in [0.15, 0.2) is 37.2 Å². The van der Waals surface area contributed by atoms with Crippen LogP contribution in [0.1, 0.15) is 0 Å². The Hall–Kier alpha value is -1.71. The molecule has 1 N–H and O–H groups in total. The maximum absolute atomic E-state index is 10.6. The van der Waals surface area contributed by atoms with E-state index in [4.69, 9.17) is 5.11 Å². The van der Waals surface area contributed by atoms with E-state index < -0.39 is 6.09 Å². The molecule has 1 rings (SSSR count). The Morgan fingerprint density at radius 3 is 2.58 bits per heavy atom. The minimum Gasteiger partial charge on any atom is -0.464 e. The quantitative estimate of drug-likeness (QED) is 0.687. The first-order chi connectivity index (χ1) is 5.75. The van der Waals surface area contributed by atoms with Gasteiger partial charge >= 0.3 is 6.09 Å². The number of hydrogen-bond acceptors (Lipinski definition) is 1. The molecule has 0 aliphatic carbocycles. The number of nitrogens with zero attached hydrogens (tertiary/aromatic N) is 2. The van der Waals surface area contributed by atoms with Crippen molar-refractivity contribution in [3.63, 3.8) is 0 Å². The highest BCUT2D eigenvalue weighted by Crippen LogP contribution is 1.94. The standard InChI is InChI=1S/C8H10N2O2/c1-2-5-10(8(11)12)9-6-3-4-7-9/h2-4,6-7H,1,5H2,(H,11,12). The average molecular weight is 166 g/mol. The molecule has 0 aliphatic rings. The van der Waals surface area contributed by atoms with Crippen LogP contribution in [0, 0.1) is 0 Å². The Kier molecular flexibility index (Phi) is 2.53. The van der Waals surface area contributed by atoms with Crippen molar-refractivity contribution >= 4 is 6.09 Å². The van der Waals surface area contributed by atoms with Gasteiger partial charge < -0.3 is 5.11 Å². The largest absolute Gasteiger partial charge is 0.464 e. The summed E-state index contributed by atoms with van der Waals surface area (Å²) in [6.45, 7) is 3.76. The topological polar surface area (TPSA) is 45.5 Å². The fourth-order valence-corrected chi connectivity index (χ4v) is 0.880. The third-order valence-electron chi connectivity index (χ3n) is 1.39. The van der Waals surface area contributed by atoms with Crippen LogP contribution < -0.4 is 5.01 Å². The summed E-state index contributed by atoms with van der Waals surface area (Å²) in [5.74, 6) is 0. The molecular formula is C8H10N2O2. The average Bonchev–Trinajstić information content (AvgIpc) is 2.51. The second-order valence-corrected chi connectivity index (χ2v) is 2.22. The van der Waals surface area contributed by atoms with Crippen LogP contribution in [0.5, 0.6) is 0 Å². The smallest absolute Gasteiger partial charge is 0.426 e. The predicted octanol–water partition coefficient (Wildman–Crippen LogP) is 1.29. The zero-order valence-corrected chi connectivity index (χ0v) is 6.55. The Bertz CT molecular complexity index is 267. The zero-order valence-electron chi connectivity index (χ0n) is 6.55. The number of rotatable bonds is 3.